The van der Waals surface area contributed by atoms with E-state index in [0.717, 1.165) is 45.6 Å². The molecule has 0 saturated carbocycles. The summed E-state index contributed by atoms with van der Waals surface area (Å²) in [4.78, 5) is 35.3. The lowest BCUT2D eigenvalue weighted by Crippen LogP contribution is -2.38. The van der Waals surface area contributed by atoms with Crippen LogP contribution in [0.15, 0.2) is 24.4 Å². The Morgan fingerprint density at radius 1 is 1.02 bits per heavy atom. The van der Waals surface area contributed by atoms with E-state index in [4.69, 9.17) is 4.74 Å². The van der Waals surface area contributed by atoms with Crippen molar-refractivity contribution in [2.45, 2.75) is 19.2 Å². The Hall–Kier alpha value is -4.49. The molecule has 19 heteroatoms. The number of alkyl halides is 3. The van der Waals surface area contributed by atoms with Crippen LogP contribution in [0.5, 0.6) is 5.88 Å². The zero-order valence-corrected chi connectivity index (χ0v) is 25.0. The Labute approximate surface area is 260 Å². The molecule has 5 rings (SSSR count). The molecule has 0 radical (unpaired) electrons. The fraction of sp³-hybridized carbons (Fsp3) is 0.519. The largest absolute Gasteiger partial charge is 0.574 e. The number of morpholine rings is 1. The maximum Gasteiger partial charge on any atom is 0.574 e. The number of carbonyl (C=O) groups excluding carboxylic acids is 2. The Kier molecular flexibility index (Phi) is 10.5. The quantitative estimate of drug-likeness (QED) is 0.240. The standard InChI is InChI=1S/C27H33F4N11O4/c1-39-7-3-9-41(11-10-39)21-5-4-18(16-19(21)33-24(44)22-25(46-27(29,30)31)34-26(28)37-36-22)42-17-20(35-38-42)23(43)32-6-2-8-40-12-14-45-15-13-40/h4-5,16-17H,2-3,6-15H2,1H3,(H,32,43)(H,33,44). The molecule has 3 aromatic rings. The second-order valence-electron chi connectivity index (χ2n) is 10.7. The van der Waals surface area contributed by atoms with Crippen LogP contribution in [-0.4, -0.2) is 131 Å². The number of anilines is 2. The van der Waals surface area contributed by atoms with Crippen LogP contribution in [-0.2, 0) is 4.74 Å². The molecule has 0 aliphatic carbocycles. The van der Waals surface area contributed by atoms with Gasteiger partial charge in [-0.3, -0.25) is 14.5 Å². The minimum Gasteiger partial charge on any atom is -0.385 e. The summed E-state index contributed by atoms with van der Waals surface area (Å²) in [6, 6.07) is 4.94. The number of benzene rings is 1. The van der Waals surface area contributed by atoms with Gasteiger partial charge in [0.1, 0.15) is 0 Å². The Morgan fingerprint density at radius 3 is 2.61 bits per heavy atom. The summed E-state index contributed by atoms with van der Waals surface area (Å²) >= 11 is 0. The third-order valence-electron chi connectivity index (χ3n) is 7.38. The van der Waals surface area contributed by atoms with Gasteiger partial charge in [-0.2, -0.15) is 9.37 Å². The smallest absolute Gasteiger partial charge is 0.385 e. The predicted molar refractivity (Wildman–Crippen MR) is 154 cm³/mol. The molecule has 0 atom stereocenters. The summed E-state index contributed by atoms with van der Waals surface area (Å²) in [6.07, 6.45) is -3.88. The lowest BCUT2D eigenvalue weighted by atomic mass is 10.2. The first kappa shape index (κ1) is 32.9. The van der Waals surface area contributed by atoms with Crippen molar-refractivity contribution in [2.24, 2.45) is 0 Å². The third-order valence-corrected chi connectivity index (χ3v) is 7.38. The fourth-order valence-corrected chi connectivity index (χ4v) is 5.04. The van der Waals surface area contributed by atoms with Gasteiger partial charge in [0, 0.05) is 39.3 Å². The molecule has 2 N–H and O–H groups in total. The van der Waals surface area contributed by atoms with Crippen LogP contribution in [0.4, 0.5) is 28.9 Å². The third kappa shape index (κ3) is 8.82. The van der Waals surface area contributed by atoms with Crippen molar-refractivity contribution in [1.29, 1.82) is 0 Å². The number of aromatic nitrogens is 6. The Bertz CT molecular complexity index is 1520. The first-order valence-corrected chi connectivity index (χ1v) is 14.6. The summed E-state index contributed by atoms with van der Waals surface area (Å²) in [7, 11) is 1.99. The van der Waals surface area contributed by atoms with Gasteiger partial charge in [0.15, 0.2) is 5.69 Å². The molecule has 2 aromatic heterocycles. The monoisotopic (exact) mass is 651 g/mol. The van der Waals surface area contributed by atoms with Crippen molar-refractivity contribution in [3.63, 3.8) is 0 Å². The number of carbonyl (C=O) groups is 2. The van der Waals surface area contributed by atoms with Gasteiger partial charge < -0.3 is 29.9 Å². The highest BCUT2D eigenvalue weighted by Gasteiger charge is 2.35. The second kappa shape index (κ2) is 14.7. The van der Waals surface area contributed by atoms with Gasteiger partial charge in [0.2, 0.25) is 5.69 Å². The Balaban J connectivity index is 1.35. The highest BCUT2D eigenvalue weighted by atomic mass is 19.4. The number of hydrogen-bond donors (Lipinski definition) is 2. The normalized spacial score (nSPS) is 16.6. The van der Waals surface area contributed by atoms with Gasteiger partial charge in [-0.15, -0.1) is 23.4 Å². The minimum atomic E-state index is -5.26. The van der Waals surface area contributed by atoms with Crippen molar-refractivity contribution >= 4 is 23.2 Å². The van der Waals surface area contributed by atoms with Crippen molar-refractivity contribution in [2.75, 3.05) is 82.8 Å². The van der Waals surface area contributed by atoms with Gasteiger partial charge in [-0.05, 0) is 51.2 Å². The van der Waals surface area contributed by atoms with Crippen LogP contribution in [0.25, 0.3) is 5.69 Å². The number of halogens is 4. The minimum absolute atomic E-state index is 0.0678. The van der Waals surface area contributed by atoms with Crippen LogP contribution in [0, 0.1) is 6.08 Å². The molecule has 15 nitrogen and oxygen atoms in total. The van der Waals surface area contributed by atoms with Crippen molar-refractivity contribution in [3.05, 3.63) is 41.9 Å². The molecule has 2 fully saturated rings. The summed E-state index contributed by atoms with van der Waals surface area (Å²) in [6.45, 7) is 7.18. The molecule has 0 unspecified atom stereocenters. The molecule has 46 heavy (non-hydrogen) atoms. The number of amides is 2. The second-order valence-corrected chi connectivity index (χ2v) is 10.7. The van der Waals surface area contributed by atoms with Crippen molar-refractivity contribution in [1.82, 2.24) is 45.3 Å². The number of hydrogen-bond acceptors (Lipinski definition) is 12. The first-order chi connectivity index (χ1) is 22.1. The van der Waals surface area contributed by atoms with Crippen LogP contribution >= 0.6 is 0 Å². The summed E-state index contributed by atoms with van der Waals surface area (Å²) in [5.41, 5.74) is 0.227. The molecule has 2 saturated heterocycles. The topological polar surface area (TPSA) is 156 Å². The molecule has 1 aromatic carbocycles. The van der Waals surface area contributed by atoms with Gasteiger partial charge in [0.25, 0.3) is 17.7 Å². The number of nitrogens with zero attached hydrogens (tertiary/aromatic N) is 9. The lowest BCUT2D eigenvalue weighted by molar-refractivity contribution is -0.276. The molecule has 2 aliphatic heterocycles. The molecule has 0 spiro atoms. The van der Waals surface area contributed by atoms with E-state index in [9.17, 15) is 27.2 Å². The van der Waals surface area contributed by atoms with E-state index >= 15 is 0 Å². The molecular formula is C27H33F4N11O4. The van der Waals surface area contributed by atoms with E-state index in [1.165, 1.54) is 16.9 Å². The number of nitrogens with one attached hydrogen (secondary N) is 2. The molecule has 0 bridgehead atoms. The van der Waals surface area contributed by atoms with E-state index in [2.05, 4.69) is 50.7 Å². The van der Waals surface area contributed by atoms with Crippen LogP contribution in [0.1, 0.15) is 33.8 Å². The molecule has 4 heterocycles. The average Bonchev–Trinajstić information content (AvgIpc) is 3.42. The van der Waals surface area contributed by atoms with Gasteiger partial charge >= 0.3 is 12.4 Å². The summed E-state index contributed by atoms with van der Waals surface area (Å²) < 4.78 is 62.8. The van der Waals surface area contributed by atoms with E-state index in [0.29, 0.717) is 44.2 Å². The first-order valence-electron chi connectivity index (χ1n) is 14.6. The molecule has 2 amide bonds. The predicted octanol–water partition coefficient (Wildman–Crippen LogP) is 1.34. The zero-order chi connectivity index (χ0) is 32.7. The van der Waals surface area contributed by atoms with Gasteiger partial charge in [0.05, 0.1) is 36.5 Å². The van der Waals surface area contributed by atoms with Crippen LogP contribution < -0.4 is 20.3 Å². The van der Waals surface area contributed by atoms with Gasteiger partial charge in [-0.1, -0.05) is 10.3 Å². The number of rotatable bonds is 10. The average molecular weight is 652 g/mol. The lowest BCUT2D eigenvalue weighted by Gasteiger charge is -2.26. The highest BCUT2D eigenvalue weighted by molar-refractivity contribution is 6.06. The fourth-order valence-electron chi connectivity index (χ4n) is 5.04. The van der Waals surface area contributed by atoms with Crippen LogP contribution in [0.2, 0.25) is 0 Å². The Morgan fingerprint density at radius 2 is 1.83 bits per heavy atom. The van der Waals surface area contributed by atoms with Gasteiger partial charge in [-0.25, -0.2) is 4.68 Å². The maximum atomic E-state index is 13.5. The van der Waals surface area contributed by atoms with E-state index < -0.39 is 35.8 Å². The molecule has 2 aliphatic rings. The van der Waals surface area contributed by atoms with E-state index in [-0.39, 0.29) is 11.4 Å². The molecular weight excluding hydrogens is 618 g/mol. The van der Waals surface area contributed by atoms with E-state index in [1.54, 1.807) is 12.1 Å². The summed E-state index contributed by atoms with van der Waals surface area (Å²) in [5.74, 6) is -2.96. The highest BCUT2D eigenvalue weighted by Crippen LogP contribution is 2.31. The zero-order valence-electron chi connectivity index (χ0n) is 25.0. The molecule has 248 valence electrons. The SMILES string of the molecule is CN1CCCN(c2ccc(-n3cc(C(=O)NCCCN4CCOCC4)nn3)cc2NC(=O)c2nnc(F)nc2OC(F)(F)F)CC1. The number of ether oxygens (including phenoxy) is 2. The van der Waals surface area contributed by atoms with E-state index in [1.807, 2.05) is 11.9 Å². The van der Waals surface area contributed by atoms with Crippen molar-refractivity contribution in [3.8, 4) is 11.6 Å². The maximum absolute atomic E-state index is 13.5. The summed E-state index contributed by atoms with van der Waals surface area (Å²) in [5, 5.41) is 19.6. The van der Waals surface area contributed by atoms with Crippen LogP contribution in [0.3, 0.4) is 0 Å². The number of likely N-dealkylation sites (N-methyl/N-ethyl adjacent to an activating group) is 1. The van der Waals surface area contributed by atoms with Crippen molar-refractivity contribution < 1.29 is 36.6 Å².